The van der Waals surface area contributed by atoms with Crippen molar-refractivity contribution in [3.63, 3.8) is 0 Å². The SMILES string of the molecule is [Cl-].[Fe].[NH3+][Zn]. The summed E-state index contributed by atoms with van der Waals surface area (Å²) in [4.78, 5) is 0. The normalized spacial score (nSPS) is 1.75. The van der Waals surface area contributed by atoms with Crippen LogP contribution in [0.3, 0.4) is 0 Å². The number of quaternary nitrogens is 1. The molecule has 0 aliphatic carbocycles. The molecule has 0 bridgehead atoms. The summed E-state index contributed by atoms with van der Waals surface area (Å²) in [5, 5.41) is 0. The van der Waals surface area contributed by atoms with Crippen LogP contribution in [0.15, 0.2) is 0 Å². The Kier molecular flexibility index (Phi) is 118. The Bertz CT molecular complexity index is 8.00. The van der Waals surface area contributed by atoms with Gasteiger partial charge in [0, 0.05) is 17.1 Å². The van der Waals surface area contributed by atoms with Crippen LogP contribution >= 0.6 is 0 Å². The summed E-state index contributed by atoms with van der Waals surface area (Å²) in [7, 11) is 0. The van der Waals surface area contributed by atoms with Crippen molar-refractivity contribution in [2.45, 2.75) is 0 Å². The van der Waals surface area contributed by atoms with Gasteiger partial charge in [-0.15, -0.1) is 0 Å². The molecule has 0 aromatic rings. The van der Waals surface area contributed by atoms with Gasteiger partial charge in [-0.25, -0.2) is 0 Å². The Morgan fingerprint density at radius 1 is 1.25 bits per heavy atom. The predicted octanol–water partition coefficient (Wildman–Crippen LogP) is -4.31. The molecule has 0 rings (SSSR count). The first-order valence-corrected chi connectivity index (χ1v) is 2.60. The van der Waals surface area contributed by atoms with Crippen molar-refractivity contribution >= 4 is 0 Å². The van der Waals surface area contributed by atoms with Crippen molar-refractivity contribution < 1.29 is 52.5 Å². The van der Waals surface area contributed by atoms with Gasteiger partial charge < -0.3 is 12.4 Å². The molecule has 25 valence electrons. The maximum absolute atomic E-state index is 3.38. The molecule has 0 aromatic carbocycles. The van der Waals surface area contributed by atoms with Gasteiger partial charge in [0.25, 0.3) is 0 Å². The first kappa shape index (κ1) is 18.2. The van der Waals surface area contributed by atoms with E-state index in [1.165, 1.54) is 0 Å². The van der Waals surface area contributed by atoms with E-state index >= 15 is 0 Å². The fourth-order valence-corrected chi connectivity index (χ4v) is 0. The second-order valence-corrected chi connectivity index (χ2v) is 0. The monoisotopic (exact) mass is 172 g/mol. The average Bonchev–Trinajstić information content (AvgIpc) is 1.00. The molecule has 0 aromatic heterocycles. The third kappa shape index (κ3) is 10.0. The summed E-state index contributed by atoms with van der Waals surface area (Å²) >= 11 is 1.12. The standard InChI is InChI=1S/ClH.Fe.H3N.Zn/h1H;;1H3;/q;;;+1/p-1. The molecule has 0 heterocycles. The molecule has 0 aliphatic heterocycles. The molecule has 0 amide bonds. The molecule has 0 unspecified atom stereocenters. The van der Waals surface area contributed by atoms with E-state index in [4.69, 9.17) is 0 Å². The minimum absolute atomic E-state index is 0. The number of hydrogen-bond acceptors (Lipinski definition) is 0. The summed E-state index contributed by atoms with van der Waals surface area (Å²) in [6, 6.07) is 0. The van der Waals surface area contributed by atoms with E-state index in [1.54, 1.807) is 0 Å². The molecule has 4 heteroatoms. The molecule has 1 nitrogen and oxygen atoms in total. The van der Waals surface area contributed by atoms with Crippen LogP contribution in [0.25, 0.3) is 0 Å². The predicted molar refractivity (Wildman–Crippen MR) is 2.89 cm³/mol. The molecule has 0 atom stereocenters. The van der Waals surface area contributed by atoms with Gasteiger partial charge in [0.15, 0.2) is 0 Å². The van der Waals surface area contributed by atoms with Crippen molar-refractivity contribution in [3.8, 4) is 0 Å². The van der Waals surface area contributed by atoms with Gasteiger partial charge in [-0.2, -0.15) is 0 Å². The van der Waals surface area contributed by atoms with Crippen LogP contribution in [0.5, 0.6) is 0 Å². The molecule has 0 spiro atoms. The summed E-state index contributed by atoms with van der Waals surface area (Å²) in [5.41, 5.74) is 0. The second kappa shape index (κ2) is 26.1. The van der Waals surface area contributed by atoms with Crippen LogP contribution in [0.1, 0.15) is 0 Å². The Labute approximate surface area is 52.5 Å². The van der Waals surface area contributed by atoms with Crippen LogP contribution in [0, 0.1) is 0 Å². The van der Waals surface area contributed by atoms with Crippen LogP contribution < -0.4 is 16.9 Å². The van der Waals surface area contributed by atoms with Crippen molar-refractivity contribution in [3.05, 3.63) is 0 Å². The van der Waals surface area contributed by atoms with E-state index in [9.17, 15) is 0 Å². The maximum atomic E-state index is 3.38. The summed E-state index contributed by atoms with van der Waals surface area (Å²) in [5.74, 6) is 0. The Hall–Kier alpha value is 1.39. The Morgan fingerprint density at radius 2 is 1.25 bits per heavy atom. The van der Waals surface area contributed by atoms with Crippen LogP contribution in [0.2, 0.25) is 0 Å². The zero-order valence-corrected chi connectivity index (χ0v) is 6.97. The van der Waals surface area contributed by atoms with Crippen molar-refractivity contribution in [1.82, 2.24) is 0 Å². The molecular weight excluding hydrogens is 171 g/mol. The van der Waals surface area contributed by atoms with Crippen LogP contribution in [-0.4, -0.2) is 0 Å². The molecule has 0 radical (unpaired) electrons. The van der Waals surface area contributed by atoms with Crippen LogP contribution in [0.4, 0.5) is 0 Å². The topological polar surface area (TPSA) is 27.6 Å². The van der Waals surface area contributed by atoms with Crippen molar-refractivity contribution in [2.75, 3.05) is 0 Å². The second-order valence-electron chi connectivity index (χ2n) is 0. The van der Waals surface area contributed by atoms with Gasteiger partial charge in [-0.3, -0.25) is 0 Å². The van der Waals surface area contributed by atoms with Gasteiger partial charge in [0.1, 0.15) is 0 Å². The van der Waals surface area contributed by atoms with E-state index < -0.39 is 0 Å². The molecule has 4 heavy (non-hydrogen) atoms. The first-order chi connectivity index (χ1) is 1.00. The van der Waals surface area contributed by atoms with Gasteiger partial charge in [-0.05, 0) is 0 Å². The quantitative estimate of drug-likeness (QED) is 0.359. The molecule has 3 N–H and O–H groups in total. The third-order valence-corrected chi connectivity index (χ3v) is 0. The number of hydrogen-bond donors (Lipinski definition) is 1. The van der Waals surface area contributed by atoms with E-state index in [0.29, 0.717) is 0 Å². The van der Waals surface area contributed by atoms with Crippen molar-refractivity contribution in [1.29, 1.82) is 0 Å². The van der Waals surface area contributed by atoms with Crippen molar-refractivity contribution in [2.24, 2.45) is 0 Å². The molecule has 0 fully saturated rings. The van der Waals surface area contributed by atoms with E-state index in [0.717, 1.165) is 18.5 Å². The molecule has 0 saturated carbocycles. The molecular formula is H3ClFeNZn. The zero-order chi connectivity index (χ0) is 2.00. The number of halogens is 1. The van der Waals surface area contributed by atoms with E-state index in [-0.39, 0.29) is 29.5 Å². The van der Waals surface area contributed by atoms with Gasteiger partial charge in [-0.1, -0.05) is 0 Å². The third-order valence-electron chi connectivity index (χ3n) is 0. The van der Waals surface area contributed by atoms with Gasteiger partial charge in [0.05, 0.1) is 0 Å². The Morgan fingerprint density at radius 3 is 1.25 bits per heavy atom. The first-order valence-electron chi connectivity index (χ1n) is 0.500. The Balaban J connectivity index is -0.00000000500. The van der Waals surface area contributed by atoms with Crippen LogP contribution in [-0.2, 0) is 35.6 Å². The average molecular weight is 174 g/mol. The minimum atomic E-state index is 0. The fourth-order valence-electron chi connectivity index (χ4n) is 0. The van der Waals surface area contributed by atoms with E-state index in [2.05, 4.69) is 4.48 Å². The molecule has 0 aliphatic rings. The summed E-state index contributed by atoms with van der Waals surface area (Å²) < 4.78 is 3.38. The van der Waals surface area contributed by atoms with E-state index in [1.807, 2.05) is 0 Å². The molecule has 0 saturated heterocycles. The summed E-state index contributed by atoms with van der Waals surface area (Å²) in [6.45, 7) is 0. The zero-order valence-electron chi connectivity index (χ0n) is 2.15. The fraction of sp³-hybridized carbons (Fsp3) is 0. The van der Waals surface area contributed by atoms with Gasteiger partial charge >= 0.3 is 23.0 Å². The number of rotatable bonds is 0. The summed E-state index contributed by atoms with van der Waals surface area (Å²) in [6.07, 6.45) is 0. The van der Waals surface area contributed by atoms with Gasteiger partial charge in [0.2, 0.25) is 0 Å².